The van der Waals surface area contributed by atoms with Crippen molar-refractivity contribution in [1.29, 1.82) is 0 Å². The lowest BCUT2D eigenvalue weighted by molar-refractivity contribution is -0.135. The Morgan fingerprint density at radius 3 is 1.67 bits per heavy atom. The molecule has 0 bridgehead atoms. The maximum absolute atomic E-state index is 13.5. The molecule has 120 valence electrons. The summed E-state index contributed by atoms with van der Waals surface area (Å²) in [5.74, 6) is -6.03. The third-order valence-electron chi connectivity index (χ3n) is 2.75. The third-order valence-corrected chi connectivity index (χ3v) is 2.75. The molecule has 0 radical (unpaired) electrons. The fraction of sp³-hybridized carbons (Fsp3) is 0.455. The molecule has 0 saturated heterocycles. The second kappa shape index (κ2) is 6.56. The highest BCUT2D eigenvalue weighted by molar-refractivity contribution is 5.27. The standard InChI is InChI=1S/C11H10F8N2/c12-6-5(7(13)9(15)10(16)8(6)14)4(21-20)2-1-3-11(17,18)19/h4,21H,1-3,20H2. The van der Waals surface area contributed by atoms with Crippen LogP contribution in [0.2, 0.25) is 0 Å². The van der Waals surface area contributed by atoms with Gasteiger partial charge in [0.25, 0.3) is 0 Å². The molecular weight excluding hydrogens is 312 g/mol. The molecule has 0 aliphatic heterocycles. The summed E-state index contributed by atoms with van der Waals surface area (Å²) in [4.78, 5) is 0. The normalized spacial score (nSPS) is 13.6. The van der Waals surface area contributed by atoms with Gasteiger partial charge in [0.1, 0.15) is 0 Å². The number of benzene rings is 1. The number of rotatable bonds is 5. The predicted octanol–water partition coefficient (Wildman–Crippen LogP) is 3.62. The molecule has 0 heterocycles. The zero-order chi connectivity index (χ0) is 16.4. The number of alkyl halides is 3. The Kier molecular flexibility index (Phi) is 5.51. The minimum absolute atomic E-state index is 0.561. The van der Waals surface area contributed by atoms with Crippen LogP contribution in [-0.2, 0) is 0 Å². The maximum atomic E-state index is 13.5. The Bertz CT molecular complexity index is 485. The highest BCUT2D eigenvalue weighted by atomic mass is 19.4. The molecule has 1 aromatic carbocycles. The van der Waals surface area contributed by atoms with Crippen LogP contribution in [0.25, 0.3) is 0 Å². The monoisotopic (exact) mass is 322 g/mol. The summed E-state index contributed by atoms with van der Waals surface area (Å²) in [6.07, 6.45) is -6.94. The molecule has 0 aliphatic rings. The molecule has 10 heteroatoms. The Balaban J connectivity index is 3.06. The van der Waals surface area contributed by atoms with E-state index in [2.05, 4.69) is 0 Å². The minimum atomic E-state index is -4.50. The van der Waals surface area contributed by atoms with Crippen LogP contribution in [0.4, 0.5) is 35.1 Å². The van der Waals surface area contributed by atoms with E-state index in [-0.39, 0.29) is 0 Å². The molecule has 0 amide bonds. The van der Waals surface area contributed by atoms with Crippen LogP contribution in [-0.4, -0.2) is 6.18 Å². The van der Waals surface area contributed by atoms with Gasteiger partial charge in [-0.05, 0) is 12.8 Å². The van der Waals surface area contributed by atoms with Gasteiger partial charge in [0.2, 0.25) is 5.82 Å². The van der Waals surface area contributed by atoms with Crippen LogP contribution in [0.15, 0.2) is 0 Å². The van der Waals surface area contributed by atoms with E-state index >= 15 is 0 Å². The molecule has 0 aliphatic carbocycles. The number of nitrogens with one attached hydrogen (secondary N) is 1. The molecule has 0 aromatic heterocycles. The zero-order valence-electron chi connectivity index (χ0n) is 10.3. The van der Waals surface area contributed by atoms with Gasteiger partial charge in [-0.3, -0.25) is 11.3 Å². The molecule has 3 N–H and O–H groups in total. The van der Waals surface area contributed by atoms with E-state index in [0.29, 0.717) is 0 Å². The van der Waals surface area contributed by atoms with Crippen molar-refractivity contribution in [3.8, 4) is 0 Å². The Hall–Kier alpha value is -1.42. The fourth-order valence-corrected chi connectivity index (χ4v) is 1.75. The van der Waals surface area contributed by atoms with Crippen molar-refractivity contribution in [3.05, 3.63) is 34.6 Å². The van der Waals surface area contributed by atoms with Crippen molar-refractivity contribution in [2.75, 3.05) is 0 Å². The SMILES string of the molecule is NNC(CCCC(F)(F)F)c1c(F)c(F)c(F)c(F)c1F. The first kappa shape index (κ1) is 17.6. The van der Waals surface area contributed by atoms with E-state index in [4.69, 9.17) is 5.84 Å². The fourth-order valence-electron chi connectivity index (χ4n) is 1.75. The first-order chi connectivity index (χ1) is 9.60. The number of hydrazine groups is 1. The van der Waals surface area contributed by atoms with Crippen molar-refractivity contribution in [2.24, 2.45) is 5.84 Å². The van der Waals surface area contributed by atoms with Crippen molar-refractivity contribution in [2.45, 2.75) is 31.5 Å². The molecule has 2 nitrogen and oxygen atoms in total. The van der Waals surface area contributed by atoms with Crippen molar-refractivity contribution >= 4 is 0 Å². The van der Waals surface area contributed by atoms with E-state index in [1.54, 1.807) is 5.43 Å². The summed E-state index contributed by atoms with van der Waals surface area (Å²) in [7, 11) is 0. The van der Waals surface area contributed by atoms with Gasteiger partial charge in [0.15, 0.2) is 23.3 Å². The second-order valence-corrected chi connectivity index (χ2v) is 4.21. The van der Waals surface area contributed by atoms with E-state index < -0.39 is 66.1 Å². The van der Waals surface area contributed by atoms with Crippen LogP contribution in [0.3, 0.4) is 0 Å². The minimum Gasteiger partial charge on any atom is -0.271 e. The molecule has 1 unspecified atom stereocenters. The highest BCUT2D eigenvalue weighted by Crippen LogP contribution is 2.31. The Labute approximate surface area is 113 Å². The number of nitrogens with two attached hydrogens (primary N) is 1. The number of halogens is 8. The molecule has 0 spiro atoms. The maximum Gasteiger partial charge on any atom is 0.389 e. The molecule has 0 fully saturated rings. The van der Waals surface area contributed by atoms with Crippen LogP contribution in [0.5, 0.6) is 0 Å². The van der Waals surface area contributed by atoms with Crippen molar-refractivity contribution < 1.29 is 35.1 Å². The lowest BCUT2D eigenvalue weighted by Gasteiger charge is -2.19. The van der Waals surface area contributed by atoms with E-state index in [1.165, 1.54) is 0 Å². The van der Waals surface area contributed by atoms with Gasteiger partial charge in [-0.25, -0.2) is 22.0 Å². The quantitative estimate of drug-likeness (QED) is 0.286. The topological polar surface area (TPSA) is 38.0 Å². The second-order valence-electron chi connectivity index (χ2n) is 4.21. The average Bonchev–Trinajstić information content (AvgIpc) is 2.40. The van der Waals surface area contributed by atoms with Gasteiger partial charge in [-0.2, -0.15) is 13.2 Å². The van der Waals surface area contributed by atoms with Crippen LogP contribution >= 0.6 is 0 Å². The third kappa shape index (κ3) is 4.03. The van der Waals surface area contributed by atoms with Gasteiger partial charge >= 0.3 is 6.18 Å². The predicted molar refractivity (Wildman–Crippen MR) is 56.2 cm³/mol. The number of hydrogen-bond donors (Lipinski definition) is 2. The van der Waals surface area contributed by atoms with Gasteiger partial charge in [-0.1, -0.05) is 0 Å². The molecule has 1 atom stereocenters. The largest absolute Gasteiger partial charge is 0.389 e. The summed E-state index contributed by atoms with van der Waals surface area (Å²) in [5.41, 5.74) is 0.476. The average molecular weight is 322 g/mol. The number of hydrogen-bond acceptors (Lipinski definition) is 2. The Morgan fingerprint density at radius 1 is 0.857 bits per heavy atom. The smallest absolute Gasteiger partial charge is 0.271 e. The molecule has 0 saturated carbocycles. The van der Waals surface area contributed by atoms with Crippen LogP contribution in [0, 0.1) is 29.1 Å². The highest BCUT2D eigenvalue weighted by Gasteiger charge is 2.31. The molecule has 1 rings (SSSR count). The van der Waals surface area contributed by atoms with Crippen molar-refractivity contribution in [1.82, 2.24) is 5.43 Å². The van der Waals surface area contributed by atoms with Gasteiger partial charge < -0.3 is 0 Å². The van der Waals surface area contributed by atoms with E-state index in [9.17, 15) is 35.1 Å². The molecule has 21 heavy (non-hydrogen) atoms. The van der Waals surface area contributed by atoms with Gasteiger partial charge in [0, 0.05) is 12.0 Å². The van der Waals surface area contributed by atoms with Crippen molar-refractivity contribution in [3.63, 3.8) is 0 Å². The molecule has 1 aromatic rings. The summed E-state index contributed by atoms with van der Waals surface area (Å²) >= 11 is 0. The first-order valence-corrected chi connectivity index (χ1v) is 5.64. The summed E-state index contributed by atoms with van der Waals surface area (Å²) in [6.45, 7) is 0. The summed E-state index contributed by atoms with van der Waals surface area (Å²) in [5, 5.41) is 0. The molecular formula is C11H10F8N2. The summed E-state index contributed by atoms with van der Waals surface area (Å²) < 4.78 is 102. The first-order valence-electron chi connectivity index (χ1n) is 5.64. The lowest BCUT2D eigenvalue weighted by Crippen LogP contribution is -2.30. The van der Waals surface area contributed by atoms with E-state index in [0.717, 1.165) is 0 Å². The van der Waals surface area contributed by atoms with Gasteiger partial charge in [0.05, 0.1) is 6.04 Å². The van der Waals surface area contributed by atoms with Gasteiger partial charge in [-0.15, -0.1) is 0 Å². The van der Waals surface area contributed by atoms with Crippen LogP contribution in [0.1, 0.15) is 30.9 Å². The Morgan fingerprint density at radius 2 is 1.29 bits per heavy atom. The summed E-state index contributed by atoms with van der Waals surface area (Å²) in [6, 6.07) is -1.64. The lowest BCUT2D eigenvalue weighted by atomic mass is 9.99. The van der Waals surface area contributed by atoms with E-state index in [1.807, 2.05) is 0 Å². The zero-order valence-corrected chi connectivity index (χ0v) is 10.3. The van der Waals surface area contributed by atoms with Crippen LogP contribution < -0.4 is 11.3 Å².